The van der Waals surface area contributed by atoms with Crippen molar-refractivity contribution >= 4 is 82.6 Å². The monoisotopic (exact) mass is 893 g/mol. The third-order valence-corrected chi connectivity index (χ3v) is 14.1. The van der Waals surface area contributed by atoms with Gasteiger partial charge in [0.05, 0.1) is 22.1 Å². The van der Waals surface area contributed by atoms with Crippen LogP contribution in [0.5, 0.6) is 0 Å². The first-order valence-electron chi connectivity index (χ1n) is 23.9. The van der Waals surface area contributed by atoms with Crippen LogP contribution in [-0.4, -0.2) is 9.13 Å². The number of para-hydroxylation sites is 5. The molecule has 3 heterocycles. The number of furan rings is 1. The lowest BCUT2D eigenvalue weighted by Gasteiger charge is -2.26. The summed E-state index contributed by atoms with van der Waals surface area (Å²) in [6.45, 7) is 0. The average molecular weight is 894 g/mol. The van der Waals surface area contributed by atoms with Gasteiger partial charge in [-0.1, -0.05) is 152 Å². The Balaban J connectivity index is 0.823. The van der Waals surface area contributed by atoms with E-state index in [1.807, 2.05) is 12.1 Å². The van der Waals surface area contributed by atoms with Crippen LogP contribution < -0.4 is 4.90 Å². The van der Waals surface area contributed by atoms with Crippen LogP contribution in [0, 0.1) is 0 Å². The predicted octanol–water partition coefficient (Wildman–Crippen LogP) is 18.3. The Bertz CT molecular complexity index is 4200. The smallest absolute Gasteiger partial charge is 0.135 e. The van der Waals surface area contributed by atoms with Crippen molar-refractivity contribution in [2.45, 2.75) is 0 Å². The zero-order valence-corrected chi connectivity index (χ0v) is 38.1. The van der Waals surface area contributed by atoms with Gasteiger partial charge in [0, 0.05) is 60.8 Å². The van der Waals surface area contributed by atoms with Crippen LogP contribution in [0.4, 0.5) is 17.1 Å². The highest BCUT2D eigenvalue weighted by Gasteiger charge is 2.18. The normalized spacial score (nSPS) is 11.7. The molecule has 328 valence electrons. The van der Waals surface area contributed by atoms with Gasteiger partial charge in [0.1, 0.15) is 11.2 Å². The van der Waals surface area contributed by atoms with Gasteiger partial charge in [-0.2, -0.15) is 0 Å². The van der Waals surface area contributed by atoms with Crippen LogP contribution in [0.25, 0.3) is 110 Å². The summed E-state index contributed by atoms with van der Waals surface area (Å²) in [5, 5.41) is 7.27. The molecule has 0 aliphatic heterocycles. The van der Waals surface area contributed by atoms with Gasteiger partial charge in [-0.3, -0.25) is 0 Å². The Morgan fingerprint density at radius 3 is 1.16 bits per heavy atom. The van der Waals surface area contributed by atoms with Gasteiger partial charge in [0.15, 0.2) is 0 Å². The molecule has 0 saturated carbocycles. The largest absolute Gasteiger partial charge is 0.456 e. The molecule has 0 atom stereocenters. The summed E-state index contributed by atoms with van der Waals surface area (Å²) in [5.41, 5.74) is 19.2. The van der Waals surface area contributed by atoms with E-state index >= 15 is 0 Å². The molecule has 14 rings (SSSR count). The molecule has 0 fully saturated rings. The van der Waals surface area contributed by atoms with E-state index in [2.05, 4.69) is 263 Å². The number of nitrogens with zero attached hydrogens (tertiary/aromatic N) is 3. The summed E-state index contributed by atoms with van der Waals surface area (Å²) in [4.78, 5) is 2.36. The fourth-order valence-corrected chi connectivity index (χ4v) is 10.8. The molecule has 0 spiro atoms. The minimum absolute atomic E-state index is 0.909. The second-order valence-electron chi connectivity index (χ2n) is 18.1. The maximum absolute atomic E-state index is 6.11. The number of rotatable bonds is 8. The Hall–Kier alpha value is -9.38. The molecule has 0 aliphatic carbocycles. The third-order valence-electron chi connectivity index (χ3n) is 14.1. The van der Waals surface area contributed by atoms with Crippen molar-refractivity contribution < 1.29 is 4.42 Å². The van der Waals surface area contributed by atoms with Crippen molar-refractivity contribution in [1.82, 2.24) is 9.13 Å². The molecule has 0 N–H and O–H groups in total. The molecule has 70 heavy (non-hydrogen) atoms. The fourth-order valence-electron chi connectivity index (χ4n) is 10.8. The fraction of sp³-hybridized carbons (Fsp3) is 0. The zero-order valence-electron chi connectivity index (χ0n) is 38.1. The number of benzene rings is 11. The van der Waals surface area contributed by atoms with E-state index in [0.717, 1.165) is 55.9 Å². The Morgan fingerprint density at radius 2 is 0.600 bits per heavy atom. The molecular weight excluding hydrogens is 851 g/mol. The van der Waals surface area contributed by atoms with E-state index in [0.29, 0.717) is 0 Å². The SMILES string of the molecule is c1ccc(-n2c3ccccc3c3cc(-c4ccc(N(c5ccc(-c6ccc(-c7ccc8oc9ccccc9c8c7)cc6)cc5)c5ccc(-n6c7ccccc7c7ccccc76)cc5)cc4)ccc32)cc1. The summed E-state index contributed by atoms with van der Waals surface area (Å²) in [7, 11) is 0. The van der Waals surface area contributed by atoms with Gasteiger partial charge in [-0.25, -0.2) is 0 Å². The molecule has 0 radical (unpaired) electrons. The molecule has 14 aromatic rings. The molecule has 0 unspecified atom stereocenters. The van der Waals surface area contributed by atoms with Crippen LogP contribution in [0.3, 0.4) is 0 Å². The molecule has 3 aromatic heterocycles. The number of fused-ring (bicyclic) bond motifs is 9. The lowest BCUT2D eigenvalue weighted by Crippen LogP contribution is -2.10. The Labute approximate surface area is 404 Å². The summed E-state index contributed by atoms with van der Waals surface area (Å²) in [5.74, 6) is 0. The highest BCUT2D eigenvalue weighted by atomic mass is 16.3. The Kier molecular flexibility index (Phi) is 9.17. The molecule has 11 aromatic carbocycles. The van der Waals surface area contributed by atoms with Crippen molar-refractivity contribution in [3.05, 3.63) is 261 Å². The van der Waals surface area contributed by atoms with Crippen LogP contribution >= 0.6 is 0 Å². The van der Waals surface area contributed by atoms with Gasteiger partial charge in [-0.15, -0.1) is 0 Å². The van der Waals surface area contributed by atoms with Gasteiger partial charge >= 0.3 is 0 Å². The van der Waals surface area contributed by atoms with E-state index < -0.39 is 0 Å². The first-order valence-corrected chi connectivity index (χ1v) is 23.9. The van der Waals surface area contributed by atoms with Crippen LogP contribution in [0.15, 0.2) is 265 Å². The minimum atomic E-state index is 0.909. The quantitative estimate of drug-likeness (QED) is 0.152. The van der Waals surface area contributed by atoms with Gasteiger partial charge in [0.2, 0.25) is 0 Å². The standard InChI is InChI=1S/C66H43N3O/c1-2-12-50(13-3-1)68-63-20-10-6-16-57(63)59-42-48(30-40-64(59)68)47-28-34-52(35-29-47)67(53-36-38-54(39-37-53)69-61-18-8-4-14-55(61)56-15-5-9-19-62(56)69)51-32-26-45(27-33-51)44-22-24-46(25-23-44)49-31-41-66-60(43-49)58-17-7-11-21-65(58)70-66/h1-43H. The third kappa shape index (κ3) is 6.53. The highest BCUT2D eigenvalue weighted by molar-refractivity contribution is 6.11. The van der Waals surface area contributed by atoms with Crippen molar-refractivity contribution in [3.8, 4) is 44.8 Å². The number of aromatic nitrogens is 2. The van der Waals surface area contributed by atoms with Crippen LogP contribution in [0.2, 0.25) is 0 Å². The van der Waals surface area contributed by atoms with Crippen molar-refractivity contribution in [1.29, 1.82) is 0 Å². The summed E-state index contributed by atoms with van der Waals surface area (Å²) in [6.07, 6.45) is 0. The molecule has 4 nitrogen and oxygen atoms in total. The van der Waals surface area contributed by atoms with Crippen molar-refractivity contribution in [2.24, 2.45) is 0 Å². The van der Waals surface area contributed by atoms with Crippen molar-refractivity contribution in [2.75, 3.05) is 4.90 Å². The summed E-state index contributed by atoms with van der Waals surface area (Å²) >= 11 is 0. The predicted molar refractivity (Wildman–Crippen MR) is 293 cm³/mol. The van der Waals surface area contributed by atoms with E-state index in [-0.39, 0.29) is 0 Å². The van der Waals surface area contributed by atoms with Crippen molar-refractivity contribution in [3.63, 3.8) is 0 Å². The van der Waals surface area contributed by atoms with Crippen LogP contribution in [-0.2, 0) is 0 Å². The first kappa shape index (κ1) is 39.8. The maximum Gasteiger partial charge on any atom is 0.135 e. The molecule has 0 saturated heterocycles. The van der Waals surface area contributed by atoms with E-state index in [1.54, 1.807) is 0 Å². The Morgan fingerprint density at radius 1 is 0.243 bits per heavy atom. The number of anilines is 3. The van der Waals surface area contributed by atoms with Gasteiger partial charge in [-0.05, 0) is 143 Å². The van der Waals surface area contributed by atoms with Crippen LogP contribution in [0.1, 0.15) is 0 Å². The van der Waals surface area contributed by atoms with Gasteiger partial charge < -0.3 is 18.5 Å². The zero-order chi connectivity index (χ0) is 46.1. The summed E-state index contributed by atoms with van der Waals surface area (Å²) < 4.78 is 10.8. The molecule has 0 bridgehead atoms. The second kappa shape index (κ2) is 16.2. The lowest BCUT2D eigenvalue weighted by molar-refractivity contribution is 0.669. The molecular formula is C66H43N3O. The van der Waals surface area contributed by atoms with Gasteiger partial charge in [0.25, 0.3) is 0 Å². The molecule has 4 heteroatoms. The maximum atomic E-state index is 6.11. The minimum Gasteiger partial charge on any atom is -0.456 e. The molecule has 0 aliphatic rings. The second-order valence-corrected chi connectivity index (χ2v) is 18.1. The number of hydrogen-bond acceptors (Lipinski definition) is 2. The van der Waals surface area contributed by atoms with E-state index in [9.17, 15) is 0 Å². The van der Waals surface area contributed by atoms with E-state index in [4.69, 9.17) is 4.42 Å². The van der Waals surface area contributed by atoms with E-state index in [1.165, 1.54) is 71.4 Å². The topological polar surface area (TPSA) is 26.2 Å². The first-order chi connectivity index (χ1) is 34.7. The number of hydrogen-bond donors (Lipinski definition) is 0. The highest BCUT2D eigenvalue weighted by Crippen LogP contribution is 2.41. The molecule has 0 amide bonds. The summed E-state index contributed by atoms with van der Waals surface area (Å²) in [6, 6.07) is 94.2. The average Bonchev–Trinajstić information content (AvgIpc) is 4.09. The lowest BCUT2D eigenvalue weighted by atomic mass is 9.99.